The summed E-state index contributed by atoms with van der Waals surface area (Å²) in [5.41, 5.74) is 0. The number of alkyl halides is 1. The fraction of sp³-hybridized carbons (Fsp3) is 0.298. The Morgan fingerprint density at radius 3 is 1.89 bits per heavy atom. The van der Waals surface area contributed by atoms with Gasteiger partial charge in [-0.25, -0.2) is 0 Å². The van der Waals surface area contributed by atoms with Gasteiger partial charge in [-0.1, -0.05) is 166 Å². The summed E-state index contributed by atoms with van der Waals surface area (Å²) >= 11 is 8.91. The molecule has 2 heterocycles. The first-order valence-electron chi connectivity index (χ1n) is 23.1. The van der Waals surface area contributed by atoms with Crippen molar-refractivity contribution in [2.75, 3.05) is 6.61 Å². The van der Waals surface area contributed by atoms with Gasteiger partial charge in [0.25, 0.3) is 0 Å². The molecule has 0 N–H and O–H groups in total. The molecule has 340 valence electrons. The van der Waals surface area contributed by atoms with Crippen LogP contribution in [-0.4, -0.2) is 62.4 Å². The van der Waals surface area contributed by atoms with Crippen LogP contribution in [0.5, 0.6) is 17.2 Å². The van der Waals surface area contributed by atoms with Crippen LogP contribution in [0.1, 0.15) is 33.6 Å². The van der Waals surface area contributed by atoms with Crippen LogP contribution in [0.25, 0.3) is 32.3 Å². The van der Waals surface area contributed by atoms with Crippen LogP contribution < -0.4 is 14.2 Å². The predicted octanol–water partition coefficient (Wildman–Crippen LogP) is 14.6. The lowest BCUT2D eigenvalue weighted by Gasteiger charge is -2.50. The number of hydrogen-bond acceptors (Lipinski definition) is 7. The number of rotatable bonds is 15. The van der Waals surface area contributed by atoms with Crippen molar-refractivity contribution in [1.29, 1.82) is 0 Å². The number of thioether (sulfide) groups is 1. The SMILES string of the molecule is CC(C)(C)[Si](C)(C)O[C@H]1[C@H](Oc2cccc3ccccc23)[C@H]2O[C@@H](C=C[C@@H](COc3cccc4ccccc34)Oc3cccc4ccccc34)C=CC[C@@H]2O[C@@H]1CC(Cl)Sc1ccccc1. The van der Waals surface area contributed by atoms with Crippen molar-refractivity contribution in [2.24, 2.45) is 0 Å². The summed E-state index contributed by atoms with van der Waals surface area (Å²) in [6.45, 7) is 11.7. The summed E-state index contributed by atoms with van der Waals surface area (Å²) in [6.07, 6.45) is 6.51. The van der Waals surface area contributed by atoms with Crippen LogP contribution in [0.15, 0.2) is 187 Å². The molecule has 9 heteroatoms. The first-order valence-corrected chi connectivity index (χ1v) is 27.3. The highest BCUT2D eigenvalue weighted by Crippen LogP contribution is 2.44. The zero-order valence-electron chi connectivity index (χ0n) is 38.3. The molecule has 0 aromatic heterocycles. The van der Waals surface area contributed by atoms with Crippen LogP contribution in [0.3, 0.4) is 0 Å². The summed E-state index contributed by atoms with van der Waals surface area (Å²) in [5.74, 6) is 2.37. The fourth-order valence-electron chi connectivity index (χ4n) is 8.65. The van der Waals surface area contributed by atoms with E-state index in [0.717, 1.165) is 54.5 Å². The summed E-state index contributed by atoms with van der Waals surface area (Å²) < 4.78 is 42.5. The van der Waals surface area contributed by atoms with E-state index in [0.29, 0.717) is 12.8 Å². The van der Waals surface area contributed by atoms with Gasteiger partial charge in [0.2, 0.25) is 0 Å². The lowest BCUT2D eigenvalue weighted by atomic mass is 9.91. The largest absolute Gasteiger partial charge is 0.489 e. The van der Waals surface area contributed by atoms with Gasteiger partial charge in [0.1, 0.15) is 36.1 Å². The van der Waals surface area contributed by atoms with Gasteiger partial charge >= 0.3 is 0 Å². The topological polar surface area (TPSA) is 55.4 Å². The maximum Gasteiger partial charge on any atom is 0.192 e. The number of hydrogen-bond donors (Lipinski definition) is 0. The molecule has 2 aliphatic heterocycles. The van der Waals surface area contributed by atoms with Crippen molar-refractivity contribution in [3.8, 4) is 17.2 Å². The second-order valence-electron chi connectivity index (χ2n) is 18.7. The van der Waals surface area contributed by atoms with Crippen molar-refractivity contribution in [2.45, 2.75) is 104 Å². The molecule has 7 aromatic rings. The smallest absolute Gasteiger partial charge is 0.192 e. The molecule has 8 atom stereocenters. The Balaban J connectivity index is 1.05. The maximum absolute atomic E-state index is 7.50. The molecule has 1 unspecified atom stereocenters. The minimum atomic E-state index is -2.43. The molecule has 0 bridgehead atoms. The molecule has 6 nitrogen and oxygen atoms in total. The van der Waals surface area contributed by atoms with Crippen LogP contribution in [0.4, 0.5) is 0 Å². The van der Waals surface area contributed by atoms with E-state index in [9.17, 15) is 0 Å². The van der Waals surface area contributed by atoms with Gasteiger partial charge in [0.15, 0.2) is 20.5 Å². The lowest BCUT2D eigenvalue weighted by Crippen LogP contribution is -2.64. The predicted molar refractivity (Wildman–Crippen MR) is 275 cm³/mol. The molecule has 1 saturated heterocycles. The molecule has 0 radical (unpaired) electrons. The van der Waals surface area contributed by atoms with E-state index in [1.54, 1.807) is 11.8 Å². The van der Waals surface area contributed by atoms with Gasteiger partial charge in [-0.15, -0.1) is 23.4 Å². The Kier molecular flexibility index (Phi) is 14.3. The molecule has 0 amide bonds. The average Bonchev–Trinajstić information content (AvgIpc) is 3.53. The first kappa shape index (κ1) is 46.1. The quantitative estimate of drug-likeness (QED) is 0.0439. The second-order valence-corrected chi connectivity index (χ2v) is 25.5. The summed E-state index contributed by atoms with van der Waals surface area (Å²) in [4.78, 5) is 1.11. The molecule has 0 saturated carbocycles. The standard InChI is InChI=1S/C57H59ClO6SSi/c1-57(2,3)66(4,5)64-55-52(37-53(58)65-44-26-7-6-8-27-44)62-51-34-18-25-42(61-54(51)56(55)63-50-33-17-24-41-21-11-14-30-47(41)50)35-36-43(60-49-32-16-23-40-20-10-13-29-46(40)49)38-59-48-31-15-22-39-19-9-12-28-45(39)48/h6-33,35-36,42-43,51-56H,34,37-38H2,1-5H3/t42-,43+,51+,52-,53?,54+,55-,56-/m1/s1. The van der Waals surface area contributed by atoms with Crippen LogP contribution in [0, 0.1) is 0 Å². The molecular weight excluding hydrogens is 876 g/mol. The number of ether oxygens (including phenoxy) is 5. The van der Waals surface area contributed by atoms with E-state index >= 15 is 0 Å². The Bertz CT molecular complexity index is 2770. The second kappa shape index (κ2) is 20.4. The number of halogens is 1. The Morgan fingerprint density at radius 1 is 0.682 bits per heavy atom. The van der Waals surface area contributed by atoms with E-state index < -0.39 is 38.8 Å². The molecule has 9 rings (SSSR count). The third-order valence-electron chi connectivity index (χ3n) is 13.1. The van der Waals surface area contributed by atoms with Gasteiger partial charge in [-0.05, 0) is 77.1 Å². The highest BCUT2D eigenvalue weighted by molar-refractivity contribution is 8.01. The Hall–Kier alpha value is -5.06. The van der Waals surface area contributed by atoms with E-state index in [2.05, 4.69) is 149 Å². The van der Waals surface area contributed by atoms with Crippen molar-refractivity contribution < 1.29 is 28.1 Å². The minimum Gasteiger partial charge on any atom is -0.489 e. The van der Waals surface area contributed by atoms with Gasteiger partial charge in [-0.2, -0.15) is 0 Å². The summed E-state index contributed by atoms with van der Waals surface area (Å²) in [6, 6.07) is 53.7. The van der Waals surface area contributed by atoms with E-state index in [4.69, 9.17) is 39.7 Å². The molecule has 7 aromatic carbocycles. The fourth-order valence-corrected chi connectivity index (χ4v) is 11.4. The molecule has 0 aliphatic carbocycles. The van der Waals surface area contributed by atoms with Gasteiger partial charge in [-0.3, -0.25) is 0 Å². The maximum atomic E-state index is 7.50. The van der Waals surface area contributed by atoms with Crippen molar-refractivity contribution >= 4 is 64.0 Å². The van der Waals surface area contributed by atoms with Crippen LogP contribution in [-0.2, 0) is 13.9 Å². The molecule has 0 spiro atoms. The van der Waals surface area contributed by atoms with E-state index in [-0.39, 0.29) is 28.6 Å². The third kappa shape index (κ3) is 10.7. The van der Waals surface area contributed by atoms with E-state index in [1.807, 2.05) is 66.7 Å². The molecule has 66 heavy (non-hydrogen) atoms. The van der Waals surface area contributed by atoms with E-state index in [1.165, 1.54) is 0 Å². The monoisotopic (exact) mass is 934 g/mol. The number of fused-ring (bicyclic) bond motifs is 4. The van der Waals surface area contributed by atoms with Crippen LogP contribution >= 0.6 is 23.4 Å². The van der Waals surface area contributed by atoms with Crippen molar-refractivity contribution in [1.82, 2.24) is 0 Å². The van der Waals surface area contributed by atoms with Crippen molar-refractivity contribution in [3.05, 3.63) is 182 Å². The van der Waals surface area contributed by atoms with Gasteiger partial charge in [0.05, 0.1) is 23.0 Å². The zero-order valence-corrected chi connectivity index (χ0v) is 40.9. The number of benzene rings is 7. The first-order chi connectivity index (χ1) is 32.0. The highest BCUT2D eigenvalue weighted by Gasteiger charge is 2.53. The Morgan fingerprint density at radius 2 is 1.24 bits per heavy atom. The van der Waals surface area contributed by atoms with Gasteiger partial charge in [0, 0.05) is 27.5 Å². The van der Waals surface area contributed by atoms with Gasteiger partial charge < -0.3 is 28.1 Å². The third-order valence-corrected chi connectivity index (χ3v) is 19.0. The normalized spacial score (nSPS) is 22.2. The summed E-state index contributed by atoms with van der Waals surface area (Å²) in [5, 5.41) is 6.36. The molecule has 1 fully saturated rings. The molecule has 2 aliphatic rings. The minimum absolute atomic E-state index is 0.0815. The van der Waals surface area contributed by atoms with Crippen molar-refractivity contribution in [3.63, 3.8) is 0 Å². The molecular formula is C57H59ClO6SSi. The lowest BCUT2D eigenvalue weighted by molar-refractivity contribution is -0.225. The van der Waals surface area contributed by atoms with Crippen LogP contribution in [0.2, 0.25) is 18.1 Å². The summed E-state index contributed by atoms with van der Waals surface area (Å²) in [7, 11) is -2.43. The zero-order chi connectivity index (χ0) is 45.7. The highest BCUT2D eigenvalue weighted by atomic mass is 35.5. The average molecular weight is 936 g/mol. The Labute approximate surface area is 400 Å².